The van der Waals surface area contributed by atoms with Gasteiger partial charge >= 0.3 is 5.97 Å². The Morgan fingerprint density at radius 2 is 2.00 bits per heavy atom. The van der Waals surface area contributed by atoms with Crippen LogP contribution in [0.15, 0.2) is 42.9 Å². The van der Waals surface area contributed by atoms with Gasteiger partial charge in [-0.2, -0.15) is 0 Å². The van der Waals surface area contributed by atoms with Gasteiger partial charge in [0.2, 0.25) is 0 Å². The van der Waals surface area contributed by atoms with Crippen LogP contribution in [0.4, 0.5) is 0 Å². The Bertz CT molecular complexity index is 739. The predicted octanol–water partition coefficient (Wildman–Crippen LogP) is 2.30. The maximum Gasteiger partial charge on any atom is 0.310 e. The van der Waals surface area contributed by atoms with E-state index in [9.17, 15) is 4.79 Å². The molecule has 2 aliphatic rings. The zero-order valence-electron chi connectivity index (χ0n) is 15.9. The summed E-state index contributed by atoms with van der Waals surface area (Å²) in [5.74, 6) is -0.0758. The number of hydrogen-bond donors (Lipinski definition) is 1. The average Bonchev–Trinajstić information content (AvgIpc) is 3.32. The minimum Gasteiger partial charge on any atom is -0.469 e. The number of nitrogens with one attached hydrogen (secondary N) is 1. The third kappa shape index (κ3) is 3.92. The molecule has 0 bridgehead atoms. The van der Waals surface area contributed by atoms with Gasteiger partial charge in [0, 0.05) is 43.5 Å². The highest BCUT2D eigenvalue weighted by Crippen LogP contribution is 2.45. The molecule has 1 aromatic carbocycles. The highest BCUT2D eigenvalue weighted by atomic mass is 16.5. The average molecular weight is 368 g/mol. The van der Waals surface area contributed by atoms with Crippen molar-refractivity contribution in [2.45, 2.75) is 25.9 Å². The van der Waals surface area contributed by atoms with Crippen LogP contribution in [0.2, 0.25) is 0 Å². The molecular formula is C21H28N4O2. The van der Waals surface area contributed by atoms with Gasteiger partial charge in [0.25, 0.3) is 0 Å². The lowest BCUT2D eigenvalue weighted by molar-refractivity contribution is -0.149. The molecule has 144 valence electrons. The molecule has 2 saturated heterocycles. The first kappa shape index (κ1) is 18.2. The Kier molecular flexibility index (Phi) is 5.27. The van der Waals surface area contributed by atoms with Gasteiger partial charge in [0.15, 0.2) is 0 Å². The zero-order valence-corrected chi connectivity index (χ0v) is 15.9. The van der Waals surface area contributed by atoms with Gasteiger partial charge in [-0.05, 0) is 31.5 Å². The maximum absolute atomic E-state index is 12.5. The molecule has 6 heteroatoms. The first-order chi connectivity index (χ1) is 13.2. The molecule has 1 unspecified atom stereocenters. The number of aromatic amines is 1. The quantitative estimate of drug-likeness (QED) is 0.821. The van der Waals surface area contributed by atoms with Crippen LogP contribution >= 0.6 is 0 Å². The normalized spacial score (nSPS) is 22.9. The molecule has 0 radical (unpaired) electrons. The van der Waals surface area contributed by atoms with E-state index in [4.69, 9.17) is 4.74 Å². The highest BCUT2D eigenvalue weighted by molar-refractivity contribution is 5.74. The van der Waals surface area contributed by atoms with E-state index in [1.165, 1.54) is 12.7 Å². The molecule has 2 fully saturated rings. The van der Waals surface area contributed by atoms with Crippen LogP contribution in [0.3, 0.4) is 0 Å². The molecule has 1 atom stereocenters. The number of likely N-dealkylation sites (tertiary alicyclic amines) is 2. The number of imidazole rings is 1. The van der Waals surface area contributed by atoms with E-state index in [-0.39, 0.29) is 17.3 Å². The molecule has 0 amide bonds. The third-order valence-corrected chi connectivity index (χ3v) is 6.25. The first-order valence-corrected chi connectivity index (χ1v) is 9.72. The fourth-order valence-electron chi connectivity index (χ4n) is 4.78. The van der Waals surface area contributed by atoms with Gasteiger partial charge in [-0.15, -0.1) is 0 Å². The molecule has 2 aliphatic heterocycles. The summed E-state index contributed by atoms with van der Waals surface area (Å²) in [5, 5.41) is 0. The summed E-state index contributed by atoms with van der Waals surface area (Å²) in [4.78, 5) is 24.7. The van der Waals surface area contributed by atoms with E-state index in [0.29, 0.717) is 0 Å². The number of aromatic nitrogens is 2. The summed E-state index contributed by atoms with van der Waals surface area (Å²) in [6, 6.07) is 10.5. The fraction of sp³-hybridized carbons (Fsp3) is 0.524. The molecule has 1 N–H and O–H groups in total. The Labute approximate surface area is 160 Å². The standard InChI is InChI=1S/C21H28N4O2/c1-27-20(26)19-14-25(12-17-5-3-2-4-6-17)15-21(19)7-9-24(10-8-21)13-18-11-22-16-23-18/h2-6,11,16,19H,7-10,12-15H2,1H3,(H,22,23). The highest BCUT2D eigenvalue weighted by Gasteiger charge is 2.51. The molecule has 0 aliphatic carbocycles. The van der Waals surface area contributed by atoms with Gasteiger partial charge < -0.3 is 9.72 Å². The van der Waals surface area contributed by atoms with Crippen LogP contribution in [0.5, 0.6) is 0 Å². The van der Waals surface area contributed by atoms with Crippen LogP contribution in [-0.2, 0) is 22.6 Å². The van der Waals surface area contributed by atoms with Crippen LogP contribution < -0.4 is 0 Å². The molecule has 1 aromatic heterocycles. The number of rotatable bonds is 5. The van der Waals surface area contributed by atoms with Crippen molar-refractivity contribution >= 4 is 5.97 Å². The fourth-order valence-corrected chi connectivity index (χ4v) is 4.78. The van der Waals surface area contributed by atoms with Gasteiger partial charge in [-0.3, -0.25) is 14.6 Å². The van der Waals surface area contributed by atoms with Crippen molar-refractivity contribution in [3.05, 3.63) is 54.1 Å². The van der Waals surface area contributed by atoms with Gasteiger partial charge in [-0.1, -0.05) is 30.3 Å². The second-order valence-corrected chi connectivity index (χ2v) is 7.95. The largest absolute Gasteiger partial charge is 0.469 e. The summed E-state index contributed by atoms with van der Waals surface area (Å²) in [7, 11) is 1.52. The molecule has 1 spiro atoms. The third-order valence-electron chi connectivity index (χ3n) is 6.25. The number of ether oxygens (including phenoxy) is 1. The lowest BCUT2D eigenvalue weighted by Gasteiger charge is -2.41. The van der Waals surface area contributed by atoms with E-state index >= 15 is 0 Å². The molecule has 4 rings (SSSR count). The molecule has 27 heavy (non-hydrogen) atoms. The number of esters is 1. The number of carbonyl (C=O) groups excluding carboxylic acids is 1. The first-order valence-electron chi connectivity index (χ1n) is 9.72. The lowest BCUT2D eigenvalue weighted by Crippen LogP contribution is -2.46. The number of carbonyl (C=O) groups is 1. The van der Waals surface area contributed by atoms with Crippen molar-refractivity contribution in [1.29, 1.82) is 0 Å². The van der Waals surface area contributed by atoms with Gasteiger partial charge in [0.1, 0.15) is 0 Å². The van der Waals surface area contributed by atoms with Crippen molar-refractivity contribution in [2.24, 2.45) is 11.3 Å². The lowest BCUT2D eigenvalue weighted by atomic mass is 9.71. The SMILES string of the molecule is COC(=O)C1CN(Cc2ccccc2)CC12CCN(Cc1cnc[nH]1)CC2. The van der Waals surface area contributed by atoms with Gasteiger partial charge in [0.05, 0.1) is 19.4 Å². The second kappa shape index (κ2) is 7.82. The van der Waals surface area contributed by atoms with Crippen LogP contribution in [0.1, 0.15) is 24.1 Å². The van der Waals surface area contributed by atoms with Crippen molar-refractivity contribution < 1.29 is 9.53 Å². The Morgan fingerprint density at radius 3 is 2.67 bits per heavy atom. The van der Waals surface area contributed by atoms with Crippen LogP contribution in [0.25, 0.3) is 0 Å². The zero-order chi connectivity index (χ0) is 18.7. The van der Waals surface area contributed by atoms with Crippen molar-refractivity contribution in [3.8, 4) is 0 Å². The number of benzene rings is 1. The minimum absolute atomic E-state index is 0.0273. The van der Waals surface area contributed by atoms with E-state index in [1.807, 2.05) is 12.3 Å². The number of hydrogen-bond acceptors (Lipinski definition) is 5. The summed E-state index contributed by atoms with van der Waals surface area (Å²) in [5.41, 5.74) is 2.48. The number of H-pyrrole nitrogens is 1. The molecule has 2 aromatic rings. The van der Waals surface area contributed by atoms with Gasteiger partial charge in [-0.25, -0.2) is 4.98 Å². The summed E-state index contributed by atoms with van der Waals surface area (Å²) < 4.78 is 5.18. The van der Waals surface area contributed by atoms with Crippen LogP contribution in [0, 0.1) is 11.3 Å². The predicted molar refractivity (Wildman–Crippen MR) is 103 cm³/mol. The Morgan fingerprint density at radius 1 is 1.22 bits per heavy atom. The monoisotopic (exact) mass is 368 g/mol. The van der Waals surface area contributed by atoms with Crippen molar-refractivity contribution in [2.75, 3.05) is 33.3 Å². The summed E-state index contributed by atoms with van der Waals surface area (Å²) in [6.07, 6.45) is 5.68. The number of piperidine rings is 1. The van der Waals surface area contributed by atoms with Crippen molar-refractivity contribution in [3.63, 3.8) is 0 Å². The van der Waals surface area contributed by atoms with Crippen molar-refractivity contribution in [1.82, 2.24) is 19.8 Å². The van der Waals surface area contributed by atoms with E-state index < -0.39 is 0 Å². The molecule has 6 nitrogen and oxygen atoms in total. The number of nitrogens with zero attached hydrogens (tertiary/aromatic N) is 3. The van der Waals surface area contributed by atoms with E-state index in [2.05, 4.69) is 44.0 Å². The summed E-state index contributed by atoms with van der Waals surface area (Å²) in [6.45, 7) is 5.57. The number of methoxy groups -OCH3 is 1. The van der Waals surface area contributed by atoms with Crippen LogP contribution in [-0.4, -0.2) is 59.0 Å². The molecular weight excluding hydrogens is 340 g/mol. The second-order valence-electron chi connectivity index (χ2n) is 7.95. The topological polar surface area (TPSA) is 61.5 Å². The minimum atomic E-state index is -0.0485. The Balaban J connectivity index is 1.43. The van der Waals surface area contributed by atoms with E-state index in [0.717, 1.165) is 57.8 Å². The Hall–Kier alpha value is -2.18. The maximum atomic E-state index is 12.5. The smallest absolute Gasteiger partial charge is 0.310 e. The summed E-state index contributed by atoms with van der Waals surface area (Å²) >= 11 is 0. The van der Waals surface area contributed by atoms with E-state index in [1.54, 1.807) is 6.33 Å². The molecule has 0 saturated carbocycles. The molecule has 3 heterocycles.